The Morgan fingerprint density at radius 2 is 2.44 bits per heavy atom. The number of hydrogen-bond donors (Lipinski definition) is 1. The summed E-state index contributed by atoms with van der Waals surface area (Å²) in [5.74, 6) is 0.0676. The zero-order valence-electron chi connectivity index (χ0n) is 11.1. The van der Waals surface area contributed by atoms with Gasteiger partial charge in [-0.25, -0.2) is 0 Å². The number of hydrogen-bond acceptors (Lipinski definition) is 3. The number of amides is 1. The minimum atomic E-state index is 0.0676. The van der Waals surface area contributed by atoms with Gasteiger partial charge in [-0.15, -0.1) is 0 Å². The van der Waals surface area contributed by atoms with Crippen molar-refractivity contribution in [2.45, 2.75) is 45.8 Å². The summed E-state index contributed by atoms with van der Waals surface area (Å²) in [4.78, 5) is 11.7. The van der Waals surface area contributed by atoms with Gasteiger partial charge in [-0.2, -0.15) is 5.10 Å². The SMILES string of the molecule is Cc1cc(C)n(CCC(=O)NC[C@@H]2CCCO2)n1. The lowest BCUT2D eigenvalue weighted by Crippen LogP contribution is -2.32. The lowest BCUT2D eigenvalue weighted by atomic mass is 10.2. The highest BCUT2D eigenvalue weighted by Gasteiger charge is 2.16. The van der Waals surface area contributed by atoms with Crippen LogP contribution in [0.2, 0.25) is 0 Å². The molecular formula is C13H21N3O2. The number of nitrogens with zero attached hydrogens (tertiary/aromatic N) is 2. The minimum Gasteiger partial charge on any atom is -0.376 e. The van der Waals surface area contributed by atoms with Crippen molar-refractivity contribution in [1.82, 2.24) is 15.1 Å². The van der Waals surface area contributed by atoms with E-state index in [4.69, 9.17) is 4.74 Å². The molecule has 1 amide bonds. The summed E-state index contributed by atoms with van der Waals surface area (Å²) in [5, 5.41) is 7.25. The molecule has 0 aliphatic carbocycles. The van der Waals surface area contributed by atoms with E-state index in [1.54, 1.807) is 0 Å². The van der Waals surface area contributed by atoms with E-state index in [1.165, 1.54) is 0 Å². The molecule has 1 aliphatic heterocycles. The van der Waals surface area contributed by atoms with E-state index in [0.29, 0.717) is 19.5 Å². The molecule has 0 spiro atoms. The summed E-state index contributed by atoms with van der Waals surface area (Å²) in [6, 6.07) is 2.02. The van der Waals surface area contributed by atoms with Crippen molar-refractivity contribution in [1.29, 1.82) is 0 Å². The second kappa shape index (κ2) is 6.00. The molecular weight excluding hydrogens is 230 g/mol. The van der Waals surface area contributed by atoms with Gasteiger partial charge in [0, 0.05) is 31.8 Å². The van der Waals surface area contributed by atoms with Crippen LogP contribution in [-0.4, -0.2) is 34.9 Å². The van der Waals surface area contributed by atoms with Crippen LogP contribution in [-0.2, 0) is 16.1 Å². The summed E-state index contributed by atoms with van der Waals surface area (Å²) in [5.41, 5.74) is 2.09. The number of rotatable bonds is 5. The quantitative estimate of drug-likeness (QED) is 0.855. The Balaban J connectivity index is 1.69. The Labute approximate surface area is 108 Å². The van der Waals surface area contributed by atoms with Crippen LogP contribution in [0.3, 0.4) is 0 Å². The van der Waals surface area contributed by atoms with Crippen LogP contribution >= 0.6 is 0 Å². The molecule has 5 nitrogen and oxygen atoms in total. The maximum Gasteiger partial charge on any atom is 0.221 e. The second-order valence-electron chi connectivity index (χ2n) is 4.84. The Hall–Kier alpha value is -1.36. The second-order valence-corrected chi connectivity index (χ2v) is 4.84. The molecule has 0 bridgehead atoms. The number of nitrogens with one attached hydrogen (secondary N) is 1. The van der Waals surface area contributed by atoms with Gasteiger partial charge in [0.2, 0.25) is 5.91 Å². The maximum atomic E-state index is 11.7. The fraction of sp³-hybridized carbons (Fsp3) is 0.692. The van der Waals surface area contributed by atoms with Gasteiger partial charge in [-0.3, -0.25) is 9.48 Å². The first kappa shape index (κ1) is 13.1. The van der Waals surface area contributed by atoms with E-state index >= 15 is 0 Å². The highest BCUT2D eigenvalue weighted by molar-refractivity contribution is 5.75. The van der Waals surface area contributed by atoms with Gasteiger partial charge < -0.3 is 10.1 Å². The standard InChI is InChI=1S/C13H21N3O2/c1-10-8-11(2)16(15-10)6-5-13(17)14-9-12-4-3-7-18-12/h8,12H,3-7,9H2,1-2H3,(H,14,17)/t12-/m0/s1. The minimum absolute atomic E-state index is 0.0676. The smallest absolute Gasteiger partial charge is 0.221 e. The van der Waals surface area contributed by atoms with Crippen molar-refractivity contribution in [2.24, 2.45) is 0 Å². The Morgan fingerprint density at radius 3 is 3.06 bits per heavy atom. The lowest BCUT2D eigenvalue weighted by Gasteiger charge is -2.11. The molecule has 1 atom stereocenters. The molecule has 1 aliphatic rings. The van der Waals surface area contributed by atoms with Crippen LogP contribution in [0.4, 0.5) is 0 Å². The number of ether oxygens (including phenoxy) is 1. The largest absolute Gasteiger partial charge is 0.376 e. The molecule has 1 fully saturated rings. The van der Waals surface area contributed by atoms with Crippen molar-refractivity contribution in [3.05, 3.63) is 17.5 Å². The number of aromatic nitrogens is 2. The summed E-state index contributed by atoms with van der Waals surface area (Å²) < 4.78 is 7.33. The van der Waals surface area contributed by atoms with Crippen LogP contribution in [0.15, 0.2) is 6.07 Å². The third-order valence-corrected chi connectivity index (χ3v) is 3.20. The Bertz CT molecular complexity index is 408. The Morgan fingerprint density at radius 1 is 1.61 bits per heavy atom. The highest BCUT2D eigenvalue weighted by atomic mass is 16.5. The van der Waals surface area contributed by atoms with Crippen LogP contribution in [0.5, 0.6) is 0 Å². The van der Waals surface area contributed by atoms with Crippen LogP contribution < -0.4 is 5.32 Å². The summed E-state index contributed by atoms with van der Waals surface area (Å²) >= 11 is 0. The van der Waals surface area contributed by atoms with E-state index in [1.807, 2.05) is 24.6 Å². The third-order valence-electron chi connectivity index (χ3n) is 3.20. The monoisotopic (exact) mass is 251 g/mol. The zero-order chi connectivity index (χ0) is 13.0. The van der Waals surface area contributed by atoms with Gasteiger partial charge in [0.25, 0.3) is 0 Å². The van der Waals surface area contributed by atoms with E-state index in [9.17, 15) is 4.79 Å². The predicted molar refractivity (Wildman–Crippen MR) is 68.3 cm³/mol. The van der Waals surface area contributed by atoms with E-state index < -0.39 is 0 Å². The van der Waals surface area contributed by atoms with Crippen LogP contribution in [0.25, 0.3) is 0 Å². The first-order valence-corrected chi connectivity index (χ1v) is 6.54. The van der Waals surface area contributed by atoms with Crippen LogP contribution in [0.1, 0.15) is 30.7 Å². The van der Waals surface area contributed by atoms with Gasteiger partial charge in [0.1, 0.15) is 0 Å². The molecule has 1 aromatic heterocycles. The Kier molecular flexibility index (Phi) is 4.36. The lowest BCUT2D eigenvalue weighted by molar-refractivity contribution is -0.121. The fourth-order valence-corrected chi connectivity index (χ4v) is 2.23. The molecule has 0 radical (unpaired) electrons. The van der Waals surface area contributed by atoms with Crippen molar-refractivity contribution in [3.63, 3.8) is 0 Å². The molecule has 1 aromatic rings. The normalized spacial score (nSPS) is 19.1. The molecule has 2 rings (SSSR count). The summed E-state index contributed by atoms with van der Waals surface area (Å²) in [6.07, 6.45) is 2.83. The van der Waals surface area contributed by atoms with Crippen molar-refractivity contribution >= 4 is 5.91 Å². The topological polar surface area (TPSA) is 56.2 Å². The van der Waals surface area contributed by atoms with E-state index in [-0.39, 0.29) is 12.0 Å². The molecule has 0 saturated carbocycles. The van der Waals surface area contributed by atoms with Gasteiger partial charge in [-0.05, 0) is 32.8 Å². The molecule has 1 N–H and O–H groups in total. The average molecular weight is 251 g/mol. The maximum absolute atomic E-state index is 11.7. The average Bonchev–Trinajstić information content (AvgIpc) is 2.94. The predicted octanol–water partition coefficient (Wildman–Crippen LogP) is 1.19. The highest BCUT2D eigenvalue weighted by Crippen LogP contribution is 2.10. The van der Waals surface area contributed by atoms with Gasteiger partial charge >= 0.3 is 0 Å². The first-order valence-electron chi connectivity index (χ1n) is 6.54. The third kappa shape index (κ3) is 3.57. The molecule has 2 heterocycles. The number of aryl methyl sites for hydroxylation is 3. The molecule has 5 heteroatoms. The van der Waals surface area contributed by atoms with Gasteiger partial charge in [0.15, 0.2) is 0 Å². The van der Waals surface area contributed by atoms with Crippen molar-refractivity contribution in [2.75, 3.05) is 13.2 Å². The van der Waals surface area contributed by atoms with Crippen LogP contribution in [0, 0.1) is 13.8 Å². The molecule has 100 valence electrons. The van der Waals surface area contributed by atoms with Gasteiger partial charge in [-0.1, -0.05) is 0 Å². The van der Waals surface area contributed by atoms with Gasteiger partial charge in [0.05, 0.1) is 11.8 Å². The fourth-order valence-electron chi connectivity index (χ4n) is 2.23. The molecule has 0 aromatic carbocycles. The summed E-state index contributed by atoms with van der Waals surface area (Å²) in [7, 11) is 0. The zero-order valence-corrected chi connectivity index (χ0v) is 11.1. The molecule has 0 unspecified atom stereocenters. The van der Waals surface area contributed by atoms with E-state index in [0.717, 1.165) is 30.8 Å². The first-order chi connectivity index (χ1) is 8.65. The number of carbonyl (C=O) groups excluding carboxylic acids is 1. The molecule has 18 heavy (non-hydrogen) atoms. The number of carbonyl (C=O) groups is 1. The van der Waals surface area contributed by atoms with Crippen molar-refractivity contribution in [3.8, 4) is 0 Å². The van der Waals surface area contributed by atoms with E-state index in [2.05, 4.69) is 10.4 Å². The summed E-state index contributed by atoms with van der Waals surface area (Å²) in [6.45, 7) is 6.06. The van der Waals surface area contributed by atoms with Crippen molar-refractivity contribution < 1.29 is 9.53 Å². The molecule has 1 saturated heterocycles.